The fourth-order valence-corrected chi connectivity index (χ4v) is 7.04. The van der Waals surface area contributed by atoms with E-state index in [9.17, 15) is 9.18 Å². The van der Waals surface area contributed by atoms with Crippen LogP contribution in [0.4, 0.5) is 14.5 Å². The average Bonchev–Trinajstić information content (AvgIpc) is 3.39. The fraction of sp³-hybridized carbons (Fsp3) is 0.442. The van der Waals surface area contributed by atoms with E-state index in [1.54, 1.807) is 11.8 Å². The van der Waals surface area contributed by atoms with Gasteiger partial charge in [-0.3, -0.25) is 9.79 Å². The number of ketones is 1. The molecule has 4 nitrogen and oxygen atoms in total. The molecule has 3 aliphatic rings. The first-order chi connectivity index (χ1) is 24.0. The van der Waals surface area contributed by atoms with Gasteiger partial charge in [0.25, 0.3) is 0 Å². The lowest BCUT2D eigenvalue weighted by atomic mass is 9.94. The summed E-state index contributed by atoms with van der Waals surface area (Å²) in [4.78, 5) is 17.9. The molecule has 260 valence electrons. The molecular formula is C43H52F2N2O2. The van der Waals surface area contributed by atoms with Crippen LogP contribution in [0.15, 0.2) is 88.7 Å². The smallest absolute Gasteiger partial charge is 0.201 e. The zero-order valence-electron chi connectivity index (χ0n) is 29.4. The molecule has 1 heterocycles. The second kappa shape index (κ2) is 18.6. The molecule has 0 fully saturated rings. The molecule has 0 atom stereocenters. The molecule has 2 aliphatic carbocycles. The number of benzene rings is 2. The maximum absolute atomic E-state index is 15.1. The summed E-state index contributed by atoms with van der Waals surface area (Å²) in [6.45, 7) is 2.08. The maximum atomic E-state index is 15.1. The summed E-state index contributed by atoms with van der Waals surface area (Å²) in [5.41, 5.74) is 7.16. The Balaban J connectivity index is 1.14. The molecule has 0 saturated carbocycles. The van der Waals surface area contributed by atoms with E-state index in [1.165, 1.54) is 89.9 Å². The van der Waals surface area contributed by atoms with Crippen molar-refractivity contribution >= 4 is 22.8 Å². The van der Waals surface area contributed by atoms with Gasteiger partial charge in [-0.1, -0.05) is 81.4 Å². The Labute approximate surface area is 291 Å². The van der Waals surface area contributed by atoms with E-state index >= 15 is 4.39 Å². The minimum atomic E-state index is -1.02. The van der Waals surface area contributed by atoms with Gasteiger partial charge >= 0.3 is 0 Å². The molecule has 0 spiro atoms. The number of nitrogens with zero attached hydrogens (tertiary/aromatic N) is 1. The van der Waals surface area contributed by atoms with Crippen molar-refractivity contribution in [2.75, 3.05) is 12.4 Å². The van der Waals surface area contributed by atoms with E-state index in [4.69, 9.17) is 4.74 Å². The Hall–Kier alpha value is -4.06. The Kier molecular flexibility index (Phi) is 13.8. The van der Waals surface area contributed by atoms with Crippen LogP contribution in [0, 0.1) is 11.6 Å². The number of ether oxygens (including phenoxy) is 1. The first-order valence-corrected chi connectivity index (χ1v) is 18.5. The quantitative estimate of drug-likeness (QED) is 0.110. The number of aliphatic imine (C=N–C) groups is 1. The third-order valence-corrected chi connectivity index (χ3v) is 9.86. The summed E-state index contributed by atoms with van der Waals surface area (Å²) < 4.78 is 34.7. The Morgan fingerprint density at radius 1 is 0.878 bits per heavy atom. The molecule has 0 amide bonds. The van der Waals surface area contributed by atoms with Crippen molar-refractivity contribution in [3.05, 3.63) is 112 Å². The Bertz CT molecular complexity index is 1660. The summed E-state index contributed by atoms with van der Waals surface area (Å²) in [7, 11) is 1.31. The van der Waals surface area contributed by atoms with Crippen LogP contribution in [0.5, 0.6) is 5.75 Å². The number of aryl methyl sites for hydroxylation is 1. The molecule has 0 saturated heterocycles. The number of rotatable bonds is 16. The van der Waals surface area contributed by atoms with Gasteiger partial charge in [0.15, 0.2) is 17.3 Å². The Morgan fingerprint density at radius 3 is 2.51 bits per heavy atom. The van der Waals surface area contributed by atoms with Gasteiger partial charge in [0.2, 0.25) is 5.82 Å². The second-order valence-electron chi connectivity index (χ2n) is 13.4. The maximum Gasteiger partial charge on any atom is 0.201 e. The van der Waals surface area contributed by atoms with E-state index in [1.807, 2.05) is 24.3 Å². The van der Waals surface area contributed by atoms with Gasteiger partial charge in [-0.15, -0.1) is 0 Å². The zero-order chi connectivity index (χ0) is 34.4. The van der Waals surface area contributed by atoms with Gasteiger partial charge in [-0.05, 0) is 100 Å². The van der Waals surface area contributed by atoms with Crippen LogP contribution in [0.2, 0.25) is 0 Å². The van der Waals surface area contributed by atoms with Crippen LogP contribution in [0.25, 0.3) is 5.57 Å². The lowest BCUT2D eigenvalue weighted by Crippen LogP contribution is -2.14. The van der Waals surface area contributed by atoms with Gasteiger partial charge in [0.1, 0.15) is 0 Å². The minimum absolute atomic E-state index is 0.129. The Morgan fingerprint density at radius 2 is 1.69 bits per heavy atom. The highest BCUT2D eigenvalue weighted by atomic mass is 19.2. The molecule has 2 aromatic rings. The van der Waals surface area contributed by atoms with Crippen molar-refractivity contribution in [2.24, 2.45) is 4.99 Å². The largest absolute Gasteiger partial charge is 0.494 e. The predicted octanol–water partition coefficient (Wildman–Crippen LogP) is 12.2. The van der Waals surface area contributed by atoms with Gasteiger partial charge in [-0.25, -0.2) is 4.39 Å². The molecule has 1 aliphatic heterocycles. The standard InChI is InChI=1S/C43H52F2N2O2/c1-3-32-29-33(25-26-34(32)39(48)24-18-8-6-4-5-7-13-19-31-20-14-9-10-15-21-31)47-38-23-17-12-11-16-22-36-37(30-46-43(36)38)35-27-28-40(49-2)42(45)41(35)44/h11,16,20,22-23,25-30,47H,3-10,12-15,17-19,21,24H2,1-2H3/b16-11-,36-22-,38-23+. The summed E-state index contributed by atoms with van der Waals surface area (Å²) in [5.74, 6) is -1.92. The summed E-state index contributed by atoms with van der Waals surface area (Å²) in [6.07, 6.45) is 31.4. The highest BCUT2D eigenvalue weighted by Crippen LogP contribution is 2.37. The van der Waals surface area contributed by atoms with E-state index in [0.717, 1.165) is 54.6 Å². The lowest BCUT2D eigenvalue weighted by Gasteiger charge is -2.17. The number of anilines is 1. The number of hydrogen-bond donors (Lipinski definition) is 1. The second-order valence-corrected chi connectivity index (χ2v) is 13.4. The van der Waals surface area contributed by atoms with Crippen LogP contribution in [-0.4, -0.2) is 18.6 Å². The van der Waals surface area contributed by atoms with Crippen LogP contribution in [0.3, 0.4) is 0 Å². The first-order valence-electron chi connectivity index (χ1n) is 18.5. The van der Waals surface area contributed by atoms with Crippen LogP contribution < -0.4 is 10.1 Å². The lowest BCUT2D eigenvalue weighted by molar-refractivity contribution is 0.0978. The van der Waals surface area contributed by atoms with E-state index < -0.39 is 11.6 Å². The average molecular weight is 667 g/mol. The number of hydrogen-bond acceptors (Lipinski definition) is 4. The van der Waals surface area contributed by atoms with Crippen LogP contribution in [0.1, 0.15) is 131 Å². The van der Waals surface area contributed by atoms with E-state index in [-0.39, 0.29) is 17.1 Å². The number of halogens is 2. The zero-order valence-corrected chi connectivity index (χ0v) is 29.4. The monoisotopic (exact) mass is 666 g/mol. The number of unbranched alkanes of at least 4 members (excludes halogenated alkanes) is 6. The van der Waals surface area contributed by atoms with E-state index in [0.29, 0.717) is 23.3 Å². The van der Waals surface area contributed by atoms with Crippen molar-refractivity contribution in [1.82, 2.24) is 0 Å². The number of fused-ring (bicyclic) bond motifs is 1. The summed E-state index contributed by atoms with van der Waals surface area (Å²) in [6, 6.07) is 8.90. The molecule has 1 N–H and O–H groups in total. The topological polar surface area (TPSA) is 50.7 Å². The van der Waals surface area contributed by atoms with Crippen LogP contribution >= 0.6 is 0 Å². The fourth-order valence-electron chi connectivity index (χ4n) is 7.04. The van der Waals surface area contributed by atoms with Gasteiger partial charge < -0.3 is 10.1 Å². The molecule has 0 bridgehead atoms. The van der Waals surface area contributed by atoms with E-state index in [2.05, 4.69) is 41.5 Å². The van der Waals surface area contributed by atoms with Crippen molar-refractivity contribution < 1.29 is 18.3 Å². The molecule has 0 aromatic heterocycles. The molecule has 6 heteroatoms. The number of carbonyl (C=O) groups excluding carboxylic acids is 1. The van der Waals surface area contributed by atoms with Gasteiger partial charge in [0, 0.05) is 40.6 Å². The SMILES string of the molecule is CCc1cc(N/C2=C/CC/C=C\C=C3\C(c4ccc(OC)c(F)c4F)=CN=C32)ccc1C(=O)CCCCCCCCCC1=CCCCCC1. The first kappa shape index (κ1) is 36.2. The van der Waals surface area contributed by atoms with Crippen molar-refractivity contribution in [1.29, 1.82) is 0 Å². The summed E-state index contributed by atoms with van der Waals surface area (Å²) in [5, 5.41) is 3.53. The highest BCUT2D eigenvalue weighted by Gasteiger charge is 2.27. The van der Waals surface area contributed by atoms with Gasteiger partial charge in [-0.2, -0.15) is 4.39 Å². The number of methoxy groups -OCH3 is 1. The highest BCUT2D eigenvalue weighted by molar-refractivity contribution is 6.25. The molecule has 2 aromatic carbocycles. The number of carbonyl (C=O) groups is 1. The molecule has 0 radical (unpaired) electrons. The van der Waals surface area contributed by atoms with Crippen molar-refractivity contribution in [3.63, 3.8) is 0 Å². The number of allylic oxidation sites excluding steroid dienone is 8. The number of Topliss-reactive ketones (excluding diaryl/α,β-unsaturated/α-hetero) is 1. The third kappa shape index (κ3) is 9.77. The third-order valence-electron chi connectivity index (χ3n) is 9.86. The molecule has 0 unspecified atom stereocenters. The normalized spacial score (nSPS) is 19.0. The van der Waals surface area contributed by atoms with Crippen molar-refractivity contribution in [2.45, 2.75) is 116 Å². The minimum Gasteiger partial charge on any atom is -0.494 e. The van der Waals surface area contributed by atoms with Crippen LogP contribution in [-0.2, 0) is 6.42 Å². The molecular weight excluding hydrogens is 614 g/mol. The number of nitrogens with one attached hydrogen (secondary N) is 1. The molecule has 49 heavy (non-hydrogen) atoms. The van der Waals surface area contributed by atoms with Gasteiger partial charge in [0.05, 0.1) is 18.5 Å². The molecule has 5 rings (SSSR count). The predicted molar refractivity (Wildman–Crippen MR) is 199 cm³/mol. The summed E-state index contributed by atoms with van der Waals surface area (Å²) >= 11 is 0. The van der Waals surface area contributed by atoms with Crippen molar-refractivity contribution in [3.8, 4) is 5.75 Å².